The van der Waals surface area contributed by atoms with Crippen LogP contribution in [0.4, 0.5) is 5.69 Å². The van der Waals surface area contributed by atoms with Gasteiger partial charge in [-0.2, -0.15) is 5.10 Å². The number of nitrogens with one attached hydrogen (secondary N) is 1. The molecule has 0 aliphatic carbocycles. The summed E-state index contributed by atoms with van der Waals surface area (Å²) < 4.78 is 12.3. The molecule has 2 heterocycles. The van der Waals surface area contributed by atoms with Gasteiger partial charge < -0.3 is 14.8 Å². The molecule has 5 rings (SSSR count). The number of hydrogen-bond acceptors (Lipinski definition) is 5. The van der Waals surface area contributed by atoms with E-state index in [-0.39, 0.29) is 24.9 Å². The molecule has 8 nitrogen and oxygen atoms in total. The lowest BCUT2D eigenvalue weighted by atomic mass is 9.93. The third kappa shape index (κ3) is 4.83. The van der Waals surface area contributed by atoms with E-state index >= 15 is 0 Å². The number of carbonyl (C=O) groups is 2. The Hall–Kier alpha value is -4.30. The number of aromatic nitrogens is 2. The molecular weight excluding hydrogens is 516 g/mol. The number of benzene rings is 3. The number of hydrogen-bond donors (Lipinski definition) is 1. The normalized spacial score (nSPS) is 16.5. The maximum absolute atomic E-state index is 14.1. The number of aryl methyl sites for hydroxylation is 1. The zero-order valence-electron chi connectivity index (χ0n) is 22.2. The average molecular weight is 545 g/mol. The first-order valence-corrected chi connectivity index (χ1v) is 12.9. The van der Waals surface area contributed by atoms with E-state index in [9.17, 15) is 9.59 Å². The number of nitrogens with zero attached hydrogens (tertiary/aromatic N) is 3. The van der Waals surface area contributed by atoms with Crippen molar-refractivity contribution in [2.45, 2.75) is 32.5 Å². The lowest BCUT2D eigenvalue weighted by molar-refractivity contribution is -0.126. The van der Waals surface area contributed by atoms with E-state index in [0.29, 0.717) is 27.8 Å². The molecule has 0 saturated heterocycles. The minimum absolute atomic E-state index is 0.147. The topological polar surface area (TPSA) is 85.7 Å². The number of para-hydroxylation sites is 1. The Kier molecular flexibility index (Phi) is 7.06. The number of carbonyl (C=O) groups excluding carboxylic acids is 2. The van der Waals surface area contributed by atoms with Crippen LogP contribution in [0.25, 0.3) is 11.3 Å². The monoisotopic (exact) mass is 544 g/mol. The van der Waals surface area contributed by atoms with Crippen molar-refractivity contribution in [2.75, 3.05) is 19.1 Å². The second-order valence-electron chi connectivity index (χ2n) is 9.64. The Balaban J connectivity index is 1.55. The maximum Gasteiger partial charge on any atom is 0.277 e. The van der Waals surface area contributed by atoms with Crippen molar-refractivity contribution in [1.82, 2.24) is 15.1 Å². The van der Waals surface area contributed by atoms with Gasteiger partial charge in [0.25, 0.3) is 5.91 Å². The summed E-state index contributed by atoms with van der Waals surface area (Å²) in [5.74, 6) is 0.728. The number of halogens is 1. The molecule has 1 N–H and O–H groups in total. The van der Waals surface area contributed by atoms with Crippen molar-refractivity contribution in [3.05, 3.63) is 94.6 Å². The van der Waals surface area contributed by atoms with Crippen molar-refractivity contribution >= 4 is 29.1 Å². The van der Waals surface area contributed by atoms with E-state index in [2.05, 4.69) is 5.32 Å². The Labute approximate surface area is 232 Å². The summed E-state index contributed by atoms with van der Waals surface area (Å²) in [4.78, 5) is 29.6. The van der Waals surface area contributed by atoms with E-state index in [1.807, 2.05) is 61.5 Å². The molecule has 4 aromatic rings. The van der Waals surface area contributed by atoms with E-state index in [0.717, 1.165) is 22.4 Å². The van der Waals surface area contributed by atoms with Crippen molar-refractivity contribution in [3.8, 4) is 22.8 Å². The highest BCUT2D eigenvalue weighted by molar-refractivity contribution is 6.31. The van der Waals surface area contributed by atoms with E-state index < -0.39 is 5.54 Å². The van der Waals surface area contributed by atoms with Gasteiger partial charge in [-0.05, 0) is 67.9 Å². The van der Waals surface area contributed by atoms with E-state index in [1.54, 1.807) is 48.9 Å². The summed E-state index contributed by atoms with van der Waals surface area (Å²) in [7, 11) is 3.19. The number of fused-ring (bicyclic) bond motifs is 1. The number of ether oxygens (including phenoxy) is 2. The predicted molar refractivity (Wildman–Crippen MR) is 150 cm³/mol. The molecule has 9 heteroatoms. The van der Waals surface area contributed by atoms with Gasteiger partial charge >= 0.3 is 0 Å². The van der Waals surface area contributed by atoms with Gasteiger partial charge in [0.15, 0.2) is 0 Å². The maximum atomic E-state index is 14.1. The van der Waals surface area contributed by atoms with Crippen LogP contribution in [0.2, 0.25) is 5.02 Å². The van der Waals surface area contributed by atoms with Gasteiger partial charge in [-0.1, -0.05) is 35.9 Å². The van der Waals surface area contributed by atoms with Crippen LogP contribution in [0.5, 0.6) is 11.5 Å². The summed E-state index contributed by atoms with van der Waals surface area (Å²) in [5.41, 5.74) is 2.76. The highest BCUT2D eigenvalue weighted by Crippen LogP contribution is 2.37. The molecule has 0 radical (unpaired) electrons. The van der Waals surface area contributed by atoms with Crippen LogP contribution < -0.4 is 19.7 Å². The fourth-order valence-electron chi connectivity index (χ4n) is 4.90. The van der Waals surface area contributed by atoms with Crippen LogP contribution in [-0.4, -0.2) is 41.4 Å². The van der Waals surface area contributed by atoms with Crippen molar-refractivity contribution in [3.63, 3.8) is 0 Å². The van der Waals surface area contributed by atoms with Crippen LogP contribution in [0.3, 0.4) is 0 Å². The average Bonchev–Trinajstić information content (AvgIpc) is 3.37. The molecule has 0 saturated carbocycles. The first kappa shape index (κ1) is 26.3. The predicted octanol–water partition coefficient (Wildman–Crippen LogP) is 5.26. The molecule has 39 heavy (non-hydrogen) atoms. The molecule has 1 aromatic heterocycles. The van der Waals surface area contributed by atoms with Crippen molar-refractivity contribution < 1.29 is 19.1 Å². The van der Waals surface area contributed by atoms with Gasteiger partial charge in [0.05, 0.1) is 26.5 Å². The minimum atomic E-state index is -1.30. The SMILES string of the molecule is COc1ccc(-c2cc3n(n2)CC(C)(C(=O)NCc2ccccc2OC)N(c2cc(Cl)ccc2C)C3=O)cc1. The Morgan fingerprint density at radius 1 is 1.05 bits per heavy atom. The van der Waals surface area contributed by atoms with Crippen LogP contribution in [0, 0.1) is 6.92 Å². The lowest BCUT2D eigenvalue weighted by Gasteiger charge is -2.43. The first-order chi connectivity index (χ1) is 18.7. The number of amides is 2. The largest absolute Gasteiger partial charge is 0.497 e. The second kappa shape index (κ2) is 10.5. The molecule has 1 aliphatic heterocycles. The third-order valence-electron chi connectivity index (χ3n) is 7.07. The van der Waals surface area contributed by atoms with Gasteiger partial charge in [0, 0.05) is 28.4 Å². The van der Waals surface area contributed by atoms with Crippen LogP contribution in [0.15, 0.2) is 72.8 Å². The van der Waals surface area contributed by atoms with Gasteiger partial charge in [0.1, 0.15) is 22.7 Å². The van der Waals surface area contributed by atoms with Crippen LogP contribution in [-0.2, 0) is 17.9 Å². The first-order valence-electron chi connectivity index (χ1n) is 12.5. The summed E-state index contributed by atoms with van der Waals surface area (Å²) in [6.07, 6.45) is 0. The molecule has 0 spiro atoms. The molecule has 3 aromatic carbocycles. The van der Waals surface area contributed by atoms with E-state index in [1.165, 1.54) is 0 Å². The third-order valence-corrected chi connectivity index (χ3v) is 7.31. The number of anilines is 1. The molecule has 1 aliphatic rings. The van der Waals surface area contributed by atoms with Gasteiger partial charge in [0.2, 0.25) is 5.91 Å². The quantitative estimate of drug-likeness (QED) is 0.343. The summed E-state index contributed by atoms with van der Waals surface area (Å²) >= 11 is 6.36. The van der Waals surface area contributed by atoms with Crippen LogP contribution >= 0.6 is 11.6 Å². The highest BCUT2D eigenvalue weighted by atomic mass is 35.5. The molecule has 0 fully saturated rings. The molecule has 1 atom stereocenters. The van der Waals surface area contributed by atoms with E-state index in [4.69, 9.17) is 26.2 Å². The number of rotatable bonds is 7. The van der Waals surface area contributed by atoms with Gasteiger partial charge in [-0.3, -0.25) is 19.2 Å². The van der Waals surface area contributed by atoms with Crippen LogP contribution in [0.1, 0.15) is 28.5 Å². The molecule has 0 bridgehead atoms. The fraction of sp³-hybridized carbons (Fsp3) is 0.233. The molecule has 2 amide bonds. The smallest absolute Gasteiger partial charge is 0.277 e. The lowest BCUT2D eigenvalue weighted by Crippen LogP contribution is -2.64. The summed E-state index contributed by atoms with van der Waals surface area (Å²) in [5, 5.41) is 8.21. The molecular formula is C30H29ClN4O4. The molecule has 1 unspecified atom stereocenters. The summed E-state index contributed by atoms with van der Waals surface area (Å²) in [6, 6.07) is 22.0. The minimum Gasteiger partial charge on any atom is -0.497 e. The summed E-state index contributed by atoms with van der Waals surface area (Å²) in [6.45, 7) is 4.02. The highest BCUT2D eigenvalue weighted by Gasteiger charge is 2.49. The Morgan fingerprint density at radius 2 is 1.79 bits per heavy atom. The van der Waals surface area contributed by atoms with Gasteiger partial charge in [-0.25, -0.2) is 0 Å². The Morgan fingerprint density at radius 3 is 2.51 bits per heavy atom. The van der Waals surface area contributed by atoms with Crippen molar-refractivity contribution in [2.24, 2.45) is 0 Å². The zero-order chi connectivity index (χ0) is 27.7. The Bertz CT molecular complexity index is 1550. The second-order valence-corrected chi connectivity index (χ2v) is 10.1. The number of methoxy groups -OCH3 is 2. The zero-order valence-corrected chi connectivity index (χ0v) is 23.0. The van der Waals surface area contributed by atoms with Crippen molar-refractivity contribution in [1.29, 1.82) is 0 Å². The molecule has 200 valence electrons. The standard InChI is InChI=1S/C30H29ClN4O4/c1-19-9-12-22(31)15-25(19)35-28(36)26-16-24(20-10-13-23(38-3)14-11-20)33-34(26)18-30(35,2)29(37)32-17-21-7-5-6-8-27(21)39-4/h5-16H,17-18H2,1-4H3,(H,32,37). The fourth-order valence-corrected chi connectivity index (χ4v) is 5.07. The van der Waals surface area contributed by atoms with Gasteiger partial charge in [-0.15, -0.1) is 0 Å².